The zero-order chi connectivity index (χ0) is 30.0. The first-order valence-electron chi connectivity index (χ1n) is 12.8. The number of H-pyrrole nitrogens is 1. The highest BCUT2D eigenvalue weighted by Crippen LogP contribution is 2.37. The summed E-state index contributed by atoms with van der Waals surface area (Å²) >= 11 is 12.6. The maximum absolute atomic E-state index is 13.3. The summed E-state index contributed by atoms with van der Waals surface area (Å²) in [6.07, 6.45) is 2.79. The molecule has 10 nitrogen and oxygen atoms in total. The first kappa shape index (κ1) is 29.3. The van der Waals surface area contributed by atoms with Crippen LogP contribution in [0, 0.1) is 11.1 Å². The summed E-state index contributed by atoms with van der Waals surface area (Å²) in [5.74, 6) is -0.790. The van der Waals surface area contributed by atoms with Gasteiger partial charge in [0.1, 0.15) is 22.7 Å². The molecule has 14 heteroatoms. The summed E-state index contributed by atoms with van der Waals surface area (Å²) in [5, 5.41) is 11.8. The number of esters is 1. The molecule has 1 atom stereocenters. The van der Waals surface area contributed by atoms with Crippen molar-refractivity contribution in [2.45, 2.75) is 38.5 Å². The van der Waals surface area contributed by atoms with Crippen LogP contribution in [0.4, 0.5) is 8.78 Å². The molecule has 1 N–H and O–H groups in total. The highest BCUT2D eigenvalue weighted by atomic mass is 35.5. The molecule has 5 rings (SSSR count). The van der Waals surface area contributed by atoms with Crippen LogP contribution in [-0.4, -0.2) is 28.7 Å². The Labute approximate surface area is 246 Å². The number of carbonyl (C=O) groups is 1. The monoisotopic (exact) mass is 621 g/mol. The second kappa shape index (κ2) is 12.4. The van der Waals surface area contributed by atoms with Gasteiger partial charge in [-0.15, -0.1) is 0 Å². The standard InChI is InChI=1S/C28H23Cl2F2N3O7/c29-18-11-34(39)12-19(30)17(18)10-23(16-7-8-22(42-28(31)32)24(9-16)40-14-15-5-6-15)41-25(36)13-35-21-4-2-1-3-20(21)33-26(37)27(35)38/h1-4,7-9,11-12,15,23,28H,5-6,10,13-14H2,(H,33,37). The molecule has 2 aromatic heterocycles. The van der Waals surface area contributed by atoms with Gasteiger partial charge in [0, 0.05) is 12.0 Å². The second-order valence-corrected chi connectivity index (χ2v) is 10.5. The van der Waals surface area contributed by atoms with Crippen molar-refractivity contribution in [2.75, 3.05) is 6.61 Å². The predicted molar refractivity (Wildman–Crippen MR) is 148 cm³/mol. The maximum Gasteiger partial charge on any atom is 0.387 e. The normalized spacial score (nSPS) is 13.7. The van der Waals surface area contributed by atoms with Crippen molar-refractivity contribution in [3.8, 4) is 11.5 Å². The number of benzene rings is 2. The first-order chi connectivity index (χ1) is 20.1. The van der Waals surface area contributed by atoms with Crippen LogP contribution in [0.2, 0.25) is 10.0 Å². The minimum absolute atomic E-state index is 0.00165. The highest BCUT2D eigenvalue weighted by Gasteiger charge is 2.27. The number of pyridine rings is 1. The van der Waals surface area contributed by atoms with E-state index in [0.29, 0.717) is 27.2 Å². The lowest BCUT2D eigenvalue weighted by Crippen LogP contribution is -2.38. The van der Waals surface area contributed by atoms with Crippen LogP contribution >= 0.6 is 23.2 Å². The third kappa shape index (κ3) is 6.82. The van der Waals surface area contributed by atoms with E-state index in [1.807, 2.05) is 0 Å². The molecule has 42 heavy (non-hydrogen) atoms. The fraction of sp³-hybridized carbons (Fsp3) is 0.286. The van der Waals surface area contributed by atoms with E-state index in [9.17, 15) is 28.4 Å². The molecule has 4 aromatic rings. The molecule has 0 spiro atoms. The Morgan fingerprint density at radius 3 is 2.50 bits per heavy atom. The first-order valence-corrected chi connectivity index (χ1v) is 13.5. The molecule has 1 aliphatic carbocycles. The van der Waals surface area contributed by atoms with Gasteiger partial charge in [-0.1, -0.05) is 41.4 Å². The van der Waals surface area contributed by atoms with Gasteiger partial charge in [-0.25, -0.2) is 0 Å². The minimum atomic E-state index is -3.10. The van der Waals surface area contributed by atoms with Crippen molar-refractivity contribution >= 4 is 40.2 Å². The van der Waals surface area contributed by atoms with Crippen molar-refractivity contribution in [2.24, 2.45) is 5.92 Å². The molecule has 0 radical (unpaired) electrons. The summed E-state index contributed by atoms with van der Waals surface area (Å²) in [6, 6.07) is 10.5. The topological polar surface area (TPSA) is 127 Å². The van der Waals surface area contributed by atoms with E-state index in [-0.39, 0.29) is 40.1 Å². The highest BCUT2D eigenvalue weighted by molar-refractivity contribution is 6.35. The van der Waals surface area contributed by atoms with Crippen molar-refractivity contribution in [1.82, 2.24) is 9.55 Å². The van der Waals surface area contributed by atoms with E-state index in [4.69, 9.17) is 32.7 Å². The van der Waals surface area contributed by atoms with Crippen LogP contribution in [0.5, 0.6) is 11.5 Å². The van der Waals surface area contributed by atoms with E-state index in [0.717, 1.165) is 29.8 Å². The van der Waals surface area contributed by atoms with Crippen LogP contribution < -0.4 is 25.3 Å². The number of alkyl halides is 2. The molecule has 0 saturated heterocycles. The number of carbonyl (C=O) groups excluding carboxylic acids is 1. The fourth-order valence-corrected chi connectivity index (χ4v) is 4.96. The number of hydrogen-bond donors (Lipinski definition) is 1. The van der Waals surface area contributed by atoms with Gasteiger partial charge in [-0.05, 0) is 48.6 Å². The molecular formula is C28H23Cl2F2N3O7. The van der Waals surface area contributed by atoms with Crippen LogP contribution in [0.25, 0.3) is 11.0 Å². The van der Waals surface area contributed by atoms with Crippen LogP contribution in [0.1, 0.15) is 30.1 Å². The number of nitrogens with one attached hydrogen (secondary N) is 1. The molecule has 2 aromatic carbocycles. The third-order valence-electron chi connectivity index (χ3n) is 6.62. The zero-order valence-electron chi connectivity index (χ0n) is 21.7. The third-order valence-corrected chi connectivity index (χ3v) is 7.27. The van der Waals surface area contributed by atoms with Gasteiger partial charge in [0.2, 0.25) is 0 Å². The van der Waals surface area contributed by atoms with Crippen molar-refractivity contribution in [3.05, 3.63) is 102 Å². The Balaban J connectivity index is 1.50. The molecule has 1 fully saturated rings. The van der Waals surface area contributed by atoms with E-state index < -0.39 is 36.3 Å². The Hall–Kier alpha value is -4.16. The Morgan fingerprint density at radius 2 is 1.81 bits per heavy atom. The van der Waals surface area contributed by atoms with Gasteiger partial charge in [-0.2, -0.15) is 13.5 Å². The summed E-state index contributed by atoms with van der Waals surface area (Å²) in [7, 11) is 0. The van der Waals surface area contributed by atoms with E-state index >= 15 is 0 Å². The average molecular weight is 622 g/mol. The van der Waals surface area contributed by atoms with Gasteiger partial charge in [-0.3, -0.25) is 19.0 Å². The number of para-hydroxylation sites is 2. The van der Waals surface area contributed by atoms with Crippen LogP contribution in [0.3, 0.4) is 0 Å². The van der Waals surface area contributed by atoms with E-state index in [2.05, 4.69) is 9.72 Å². The summed E-state index contributed by atoms with van der Waals surface area (Å²) < 4.78 is 43.7. The van der Waals surface area contributed by atoms with Crippen molar-refractivity contribution in [3.63, 3.8) is 0 Å². The number of aromatic amines is 1. The summed E-state index contributed by atoms with van der Waals surface area (Å²) in [6.45, 7) is -3.43. The zero-order valence-corrected chi connectivity index (χ0v) is 23.2. The molecule has 1 aliphatic rings. The fourth-order valence-electron chi connectivity index (χ4n) is 4.37. The Kier molecular flexibility index (Phi) is 8.64. The number of hydrogen-bond acceptors (Lipinski definition) is 7. The van der Waals surface area contributed by atoms with Crippen molar-refractivity contribution < 1.29 is 32.5 Å². The summed E-state index contributed by atoms with van der Waals surface area (Å²) in [5.41, 5.74) is -0.652. The largest absolute Gasteiger partial charge is 0.619 e. The quantitative estimate of drug-likeness (QED) is 0.113. The summed E-state index contributed by atoms with van der Waals surface area (Å²) in [4.78, 5) is 40.6. The van der Waals surface area contributed by atoms with Gasteiger partial charge in [0.15, 0.2) is 23.9 Å². The van der Waals surface area contributed by atoms with Gasteiger partial charge >= 0.3 is 23.7 Å². The molecule has 2 heterocycles. The number of fused-ring (bicyclic) bond motifs is 1. The minimum Gasteiger partial charge on any atom is -0.619 e. The number of nitrogens with zero attached hydrogens (tertiary/aromatic N) is 2. The molecular weight excluding hydrogens is 599 g/mol. The number of rotatable bonds is 11. The number of ether oxygens (including phenoxy) is 3. The lowest BCUT2D eigenvalue weighted by atomic mass is 10.0. The maximum atomic E-state index is 13.3. The number of halogens is 4. The van der Waals surface area contributed by atoms with E-state index in [1.165, 1.54) is 18.2 Å². The van der Waals surface area contributed by atoms with Crippen LogP contribution in [-0.2, 0) is 22.5 Å². The lowest BCUT2D eigenvalue weighted by Gasteiger charge is -2.22. The molecule has 0 amide bonds. The smallest absolute Gasteiger partial charge is 0.387 e. The van der Waals surface area contributed by atoms with E-state index in [1.54, 1.807) is 24.3 Å². The average Bonchev–Trinajstić information content (AvgIpc) is 3.76. The van der Waals surface area contributed by atoms with Gasteiger partial charge in [0.05, 0.1) is 17.6 Å². The second-order valence-electron chi connectivity index (χ2n) is 9.68. The number of aromatic nitrogens is 3. The molecule has 1 unspecified atom stereocenters. The predicted octanol–water partition coefficient (Wildman–Crippen LogP) is 4.55. The molecule has 1 saturated carbocycles. The Morgan fingerprint density at radius 1 is 1.10 bits per heavy atom. The van der Waals surface area contributed by atoms with Gasteiger partial charge in [0.25, 0.3) is 0 Å². The SMILES string of the molecule is O=C(Cn1c(=O)c(=O)[nH]c2ccccc21)OC(Cc1c(Cl)c[n+]([O-])cc1Cl)c1ccc(OC(F)F)c(OCC2CC2)c1. The van der Waals surface area contributed by atoms with Crippen molar-refractivity contribution in [1.29, 1.82) is 0 Å². The lowest BCUT2D eigenvalue weighted by molar-refractivity contribution is -0.605. The molecule has 0 aliphatic heterocycles. The van der Waals surface area contributed by atoms with Gasteiger partial charge < -0.3 is 24.4 Å². The molecule has 0 bridgehead atoms. The Bertz CT molecular complexity index is 1740. The molecule has 220 valence electrons. The van der Waals surface area contributed by atoms with Crippen LogP contribution in [0.15, 0.2) is 64.4 Å².